The van der Waals surface area contributed by atoms with Gasteiger partial charge in [0.05, 0.1) is 0 Å². The van der Waals surface area contributed by atoms with Crippen molar-refractivity contribution in [1.82, 2.24) is 10.2 Å². The fourth-order valence-corrected chi connectivity index (χ4v) is 2.82. The van der Waals surface area contributed by atoms with Gasteiger partial charge in [-0.15, -0.1) is 10.2 Å². The molecule has 1 aromatic carbocycles. The van der Waals surface area contributed by atoms with Crippen LogP contribution < -0.4 is 11.1 Å². The maximum absolute atomic E-state index is 10.9. The van der Waals surface area contributed by atoms with E-state index in [9.17, 15) is 4.79 Å². The van der Waals surface area contributed by atoms with Crippen LogP contribution in [-0.2, 0) is 12.8 Å². The van der Waals surface area contributed by atoms with E-state index in [0.29, 0.717) is 11.7 Å². The van der Waals surface area contributed by atoms with E-state index in [-0.39, 0.29) is 5.69 Å². The molecule has 0 saturated carbocycles. The van der Waals surface area contributed by atoms with Gasteiger partial charge in [-0.25, -0.2) is 0 Å². The van der Waals surface area contributed by atoms with E-state index in [1.165, 1.54) is 11.1 Å². The molecule has 1 amide bonds. The van der Waals surface area contributed by atoms with Crippen molar-refractivity contribution in [1.29, 1.82) is 0 Å². The molecule has 0 spiro atoms. The molecule has 3 N–H and O–H groups in total. The molecular formula is C16H18N4O. The molecule has 108 valence electrons. The highest BCUT2D eigenvalue weighted by molar-refractivity contribution is 5.90. The average Bonchev–Trinajstić information content (AvgIpc) is 2.90. The Labute approximate surface area is 123 Å². The molecule has 1 heterocycles. The van der Waals surface area contributed by atoms with Crippen LogP contribution in [0.4, 0.5) is 5.82 Å². The van der Waals surface area contributed by atoms with Crippen molar-refractivity contribution in [3.63, 3.8) is 0 Å². The zero-order valence-corrected chi connectivity index (χ0v) is 11.7. The van der Waals surface area contributed by atoms with Gasteiger partial charge in [-0.2, -0.15) is 0 Å². The monoisotopic (exact) mass is 282 g/mol. The Morgan fingerprint density at radius 3 is 2.43 bits per heavy atom. The predicted octanol–water partition coefficient (Wildman–Crippen LogP) is 1.79. The lowest BCUT2D eigenvalue weighted by Gasteiger charge is -2.10. The summed E-state index contributed by atoms with van der Waals surface area (Å²) in [6.45, 7) is 0.850. The summed E-state index contributed by atoms with van der Waals surface area (Å²) < 4.78 is 0. The molecule has 1 aliphatic rings. The van der Waals surface area contributed by atoms with Crippen LogP contribution in [0.1, 0.15) is 28.0 Å². The topological polar surface area (TPSA) is 80.9 Å². The molecule has 5 heteroatoms. The van der Waals surface area contributed by atoms with Gasteiger partial charge in [-0.05, 0) is 48.4 Å². The Hall–Kier alpha value is -2.43. The second kappa shape index (κ2) is 5.91. The van der Waals surface area contributed by atoms with E-state index in [1.807, 2.05) is 0 Å². The third kappa shape index (κ3) is 3.18. The molecule has 5 nitrogen and oxygen atoms in total. The highest BCUT2D eigenvalue weighted by Gasteiger charge is 2.20. The lowest BCUT2D eigenvalue weighted by atomic mass is 10.0. The minimum atomic E-state index is -0.558. The van der Waals surface area contributed by atoms with Gasteiger partial charge in [0.1, 0.15) is 5.82 Å². The minimum Gasteiger partial charge on any atom is -0.369 e. The molecule has 0 radical (unpaired) electrons. The van der Waals surface area contributed by atoms with Crippen molar-refractivity contribution in [3.05, 3.63) is 53.2 Å². The number of primary amides is 1. The van der Waals surface area contributed by atoms with E-state index >= 15 is 0 Å². The van der Waals surface area contributed by atoms with Gasteiger partial charge in [-0.3, -0.25) is 4.79 Å². The molecule has 0 fully saturated rings. The van der Waals surface area contributed by atoms with Crippen molar-refractivity contribution < 1.29 is 4.79 Å². The number of nitrogens with one attached hydrogen (secondary N) is 1. The zero-order valence-electron chi connectivity index (χ0n) is 11.7. The Morgan fingerprint density at radius 2 is 1.86 bits per heavy atom. The summed E-state index contributed by atoms with van der Waals surface area (Å²) in [5, 5.41) is 11.0. The molecule has 0 atom stereocenters. The number of hydrogen-bond acceptors (Lipinski definition) is 4. The van der Waals surface area contributed by atoms with E-state index in [4.69, 9.17) is 5.73 Å². The Bertz CT molecular complexity index is 614. The number of benzene rings is 1. The van der Waals surface area contributed by atoms with Crippen LogP contribution >= 0.6 is 0 Å². The number of nitrogens with two attached hydrogens (primary N) is 1. The van der Waals surface area contributed by atoms with E-state index in [1.54, 1.807) is 12.1 Å². The number of hydrogen-bond donors (Lipinski definition) is 2. The molecule has 0 unspecified atom stereocenters. The fourth-order valence-electron chi connectivity index (χ4n) is 2.82. The van der Waals surface area contributed by atoms with Gasteiger partial charge in [0.2, 0.25) is 0 Å². The normalized spacial score (nSPS) is 13.9. The number of aromatic nitrogens is 2. The number of amides is 1. The largest absolute Gasteiger partial charge is 0.369 e. The second-order valence-corrected chi connectivity index (χ2v) is 5.43. The van der Waals surface area contributed by atoms with Crippen molar-refractivity contribution in [2.45, 2.75) is 19.3 Å². The molecule has 0 bridgehead atoms. The van der Waals surface area contributed by atoms with E-state index < -0.39 is 5.91 Å². The van der Waals surface area contributed by atoms with Gasteiger partial charge >= 0.3 is 0 Å². The third-order valence-corrected chi connectivity index (χ3v) is 3.91. The summed E-state index contributed by atoms with van der Waals surface area (Å²) in [7, 11) is 0. The summed E-state index contributed by atoms with van der Waals surface area (Å²) in [5.74, 6) is 0.807. The first-order chi connectivity index (χ1) is 10.2. The van der Waals surface area contributed by atoms with Crippen LogP contribution in [0.2, 0.25) is 0 Å². The molecule has 2 aromatic rings. The van der Waals surface area contributed by atoms with Crippen LogP contribution in [-0.4, -0.2) is 22.6 Å². The first-order valence-corrected chi connectivity index (χ1v) is 7.16. The summed E-state index contributed by atoms with van der Waals surface area (Å²) in [6.07, 6.45) is 3.40. The maximum Gasteiger partial charge on any atom is 0.269 e. The Balaban J connectivity index is 1.48. The highest BCUT2D eigenvalue weighted by Crippen LogP contribution is 2.28. The standard InChI is InChI=1S/C16H18N4O/c17-16(21)14-5-6-15(20-19-14)18-8-7-11-9-12-3-1-2-4-13(12)10-11/h1-6,11H,7-10H2,(H2,17,21)(H,18,20). The number of carbonyl (C=O) groups is 1. The SMILES string of the molecule is NC(=O)c1ccc(NCCC2Cc3ccccc3C2)nn1. The molecule has 0 saturated heterocycles. The van der Waals surface area contributed by atoms with Gasteiger partial charge < -0.3 is 11.1 Å². The molecule has 1 aromatic heterocycles. The number of nitrogens with zero attached hydrogens (tertiary/aromatic N) is 2. The summed E-state index contributed by atoms with van der Waals surface area (Å²) in [4.78, 5) is 10.9. The van der Waals surface area contributed by atoms with Gasteiger partial charge in [-0.1, -0.05) is 24.3 Å². The first kappa shape index (κ1) is 13.5. The smallest absolute Gasteiger partial charge is 0.269 e. The van der Waals surface area contributed by atoms with Crippen molar-refractivity contribution >= 4 is 11.7 Å². The number of fused-ring (bicyclic) bond motifs is 1. The lowest BCUT2D eigenvalue weighted by Crippen LogP contribution is -2.15. The number of anilines is 1. The molecule has 21 heavy (non-hydrogen) atoms. The van der Waals surface area contributed by atoms with Crippen LogP contribution in [0.5, 0.6) is 0 Å². The van der Waals surface area contributed by atoms with Gasteiger partial charge in [0, 0.05) is 6.54 Å². The first-order valence-electron chi connectivity index (χ1n) is 7.16. The van der Waals surface area contributed by atoms with Crippen molar-refractivity contribution in [2.75, 3.05) is 11.9 Å². The Morgan fingerprint density at radius 1 is 1.14 bits per heavy atom. The van der Waals surface area contributed by atoms with Crippen LogP contribution in [0.25, 0.3) is 0 Å². The third-order valence-electron chi connectivity index (χ3n) is 3.91. The Kier molecular flexibility index (Phi) is 3.81. The maximum atomic E-state index is 10.9. The molecule has 3 rings (SSSR count). The highest BCUT2D eigenvalue weighted by atomic mass is 16.1. The average molecular weight is 282 g/mol. The van der Waals surface area contributed by atoms with Gasteiger partial charge in [0.15, 0.2) is 5.69 Å². The van der Waals surface area contributed by atoms with Crippen molar-refractivity contribution in [2.24, 2.45) is 11.7 Å². The summed E-state index contributed by atoms with van der Waals surface area (Å²) in [6, 6.07) is 12.0. The van der Waals surface area contributed by atoms with Crippen LogP contribution in [0, 0.1) is 5.92 Å². The van der Waals surface area contributed by atoms with Crippen LogP contribution in [0.15, 0.2) is 36.4 Å². The molecule has 0 aliphatic heterocycles. The summed E-state index contributed by atoms with van der Waals surface area (Å²) in [5.41, 5.74) is 8.27. The molecular weight excluding hydrogens is 264 g/mol. The minimum absolute atomic E-state index is 0.187. The van der Waals surface area contributed by atoms with Crippen molar-refractivity contribution in [3.8, 4) is 0 Å². The fraction of sp³-hybridized carbons (Fsp3) is 0.312. The summed E-state index contributed by atoms with van der Waals surface area (Å²) >= 11 is 0. The lowest BCUT2D eigenvalue weighted by molar-refractivity contribution is 0.0994. The zero-order chi connectivity index (χ0) is 14.7. The van der Waals surface area contributed by atoms with Crippen LogP contribution in [0.3, 0.4) is 0 Å². The van der Waals surface area contributed by atoms with E-state index in [0.717, 1.165) is 25.8 Å². The van der Waals surface area contributed by atoms with Gasteiger partial charge in [0.25, 0.3) is 5.91 Å². The number of carbonyl (C=O) groups excluding carboxylic acids is 1. The number of rotatable bonds is 5. The quantitative estimate of drug-likeness (QED) is 0.876. The molecule has 1 aliphatic carbocycles. The van der Waals surface area contributed by atoms with E-state index in [2.05, 4.69) is 39.8 Å². The second-order valence-electron chi connectivity index (χ2n) is 5.43. The predicted molar refractivity (Wildman–Crippen MR) is 81.0 cm³/mol.